The Morgan fingerprint density at radius 3 is 2.47 bits per heavy atom. The number of nitrogens with one attached hydrogen (secondary N) is 2. The molecule has 1 aliphatic heterocycles. The number of amides is 4. The summed E-state index contributed by atoms with van der Waals surface area (Å²) in [6.07, 6.45) is 0. The van der Waals surface area contributed by atoms with Gasteiger partial charge in [0.15, 0.2) is 0 Å². The average Bonchev–Trinajstić information content (AvgIpc) is 3.06. The van der Waals surface area contributed by atoms with E-state index in [0.717, 1.165) is 16.2 Å². The normalized spacial score (nSPS) is 14.6. The van der Waals surface area contributed by atoms with Gasteiger partial charge >= 0.3 is 6.03 Å². The maximum atomic E-state index is 12.9. The molecule has 8 nitrogen and oxygen atoms in total. The molecule has 1 fully saturated rings. The summed E-state index contributed by atoms with van der Waals surface area (Å²) in [5, 5.41) is 5.47. The van der Waals surface area contributed by atoms with E-state index in [1.807, 2.05) is 43.3 Å². The van der Waals surface area contributed by atoms with Gasteiger partial charge in [-0.2, -0.15) is 0 Å². The zero-order valence-corrected chi connectivity index (χ0v) is 17.3. The summed E-state index contributed by atoms with van der Waals surface area (Å²) in [6, 6.07) is 14.2. The molecule has 0 saturated carbocycles. The Labute approximate surface area is 175 Å². The summed E-state index contributed by atoms with van der Waals surface area (Å²) in [7, 11) is 5.52. The molecule has 0 spiro atoms. The van der Waals surface area contributed by atoms with Crippen molar-refractivity contribution in [1.82, 2.24) is 20.4 Å². The van der Waals surface area contributed by atoms with Gasteiger partial charge in [0.05, 0.1) is 26.2 Å². The van der Waals surface area contributed by atoms with Crippen molar-refractivity contribution in [3.8, 4) is 5.75 Å². The second-order valence-corrected chi connectivity index (χ2v) is 7.26. The monoisotopic (exact) mass is 410 g/mol. The van der Waals surface area contributed by atoms with Crippen LogP contribution in [0.25, 0.3) is 0 Å². The van der Waals surface area contributed by atoms with Crippen molar-refractivity contribution in [2.24, 2.45) is 0 Å². The number of imide groups is 1. The molecule has 2 N–H and O–H groups in total. The van der Waals surface area contributed by atoms with Crippen molar-refractivity contribution in [3.63, 3.8) is 0 Å². The average molecular weight is 410 g/mol. The van der Waals surface area contributed by atoms with Crippen LogP contribution in [0.15, 0.2) is 48.5 Å². The summed E-state index contributed by atoms with van der Waals surface area (Å²) in [4.78, 5) is 39.8. The Kier molecular flexibility index (Phi) is 6.68. The minimum absolute atomic E-state index is 0.0143. The third-order valence-corrected chi connectivity index (χ3v) is 5.11. The smallest absolute Gasteiger partial charge is 0.324 e. The number of hydrogen-bond acceptors (Lipinski definition) is 5. The molecule has 1 saturated heterocycles. The summed E-state index contributed by atoms with van der Waals surface area (Å²) in [5.74, 6) is 0.218. The topological polar surface area (TPSA) is 91.0 Å². The lowest BCUT2D eigenvalue weighted by atomic mass is 10.0. The fourth-order valence-electron chi connectivity index (χ4n) is 3.37. The van der Waals surface area contributed by atoms with Gasteiger partial charge in [0.2, 0.25) is 5.91 Å². The zero-order valence-electron chi connectivity index (χ0n) is 17.3. The molecule has 2 aromatic rings. The van der Waals surface area contributed by atoms with E-state index in [1.165, 1.54) is 0 Å². The van der Waals surface area contributed by atoms with Crippen molar-refractivity contribution in [1.29, 1.82) is 0 Å². The first-order chi connectivity index (χ1) is 14.4. The second-order valence-electron chi connectivity index (χ2n) is 7.26. The lowest BCUT2D eigenvalue weighted by Crippen LogP contribution is -2.36. The number of urea groups is 1. The predicted molar refractivity (Wildman–Crippen MR) is 112 cm³/mol. The Bertz CT molecular complexity index is 911. The molecule has 4 amide bonds. The van der Waals surface area contributed by atoms with E-state index in [1.54, 1.807) is 31.4 Å². The van der Waals surface area contributed by atoms with Crippen LogP contribution >= 0.6 is 0 Å². The summed E-state index contributed by atoms with van der Waals surface area (Å²) < 4.78 is 5.21. The maximum Gasteiger partial charge on any atom is 0.324 e. The molecule has 1 aliphatic rings. The predicted octanol–water partition coefficient (Wildman–Crippen LogP) is 1.78. The van der Waals surface area contributed by atoms with Gasteiger partial charge in [-0.05, 0) is 43.4 Å². The molecule has 0 bridgehead atoms. The highest BCUT2D eigenvalue weighted by molar-refractivity contribution is 6.02. The number of carbonyl (C=O) groups excluding carboxylic acids is 3. The molecule has 1 unspecified atom stereocenters. The highest BCUT2D eigenvalue weighted by Gasteiger charge is 2.29. The molecule has 3 rings (SSSR count). The molecule has 0 radical (unpaired) electrons. The number of ether oxygens (including phenoxy) is 1. The number of carbonyl (C=O) groups is 3. The molecule has 1 heterocycles. The summed E-state index contributed by atoms with van der Waals surface area (Å²) in [5.41, 5.74) is 2.11. The lowest BCUT2D eigenvalue weighted by Gasteiger charge is -2.25. The maximum absolute atomic E-state index is 12.9. The molecule has 0 aromatic heterocycles. The third-order valence-electron chi connectivity index (χ3n) is 5.11. The number of likely N-dealkylation sites (N-methyl/N-ethyl adjacent to an activating group) is 1. The highest BCUT2D eigenvalue weighted by atomic mass is 16.5. The quantitative estimate of drug-likeness (QED) is 0.648. The number of hydrogen-bond donors (Lipinski definition) is 2. The molecule has 30 heavy (non-hydrogen) atoms. The first-order valence-corrected chi connectivity index (χ1v) is 9.65. The van der Waals surface area contributed by atoms with Crippen molar-refractivity contribution in [3.05, 3.63) is 65.2 Å². The number of methoxy groups -OCH3 is 1. The summed E-state index contributed by atoms with van der Waals surface area (Å²) in [6.45, 7) is 0.444. The van der Waals surface area contributed by atoms with Crippen LogP contribution in [0.5, 0.6) is 5.75 Å². The van der Waals surface area contributed by atoms with Gasteiger partial charge in [0.25, 0.3) is 5.91 Å². The molecule has 8 heteroatoms. The molecule has 1 atom stereocenters. The Balaban J connectivity index is 1.72. The van der Waals surface area contributed by atoms with Gasteiger partial charge in [-0.1, -0.05) is 30.3 Å². The standard InChI is InChI=1S/C22H26N4O4/c1-25(2)19(15-8-10-17(30-3)11-9-15)12-23-21(28)18-7-5-4-6-16(18)14-26-20(27)13-24-22(26)29/h4-11,19H,12-14H2,1-3H3,(H,23,28)(H,24,29). The highest BCUT2D eigenvalue weighted by Crippen LogP contribution is 2.21. The Morgan fingerprint density at radius 2 is 1.87 bits per heavy atom. The first kappa shape index (κ1) is 21.3. The van der Waals surface area contributed by atoms with Crippen LogP contribution in [0.4, 0.5) is 4.79 Å². The van der Waals surface area contributed by atoms with Gasteiger partial charge in [-0.15, -0.1) is 0 Å². The number of nitrogens with zero attached hydrogens (tertiary/aromatic N) is 2. The Hall–Kier alpha value is -3.39. The van der Waals surface area contributed by atoms with Gasteiger partial charge in [0, 0.05) is 12.1 Å². The zero-order chi connectivity index (χ0) is 21.7. The van der Waals surface area contributed by atoms with Crippen molar-refractivity contribution in [2.45, 2.75) is 12.6 Å². The van der Waals surface area contributed by atoms with Crippen LogP contribution in [0.1, 0.15) is 27.5 Å². The van der Waals surface area contributed by atoms with Crippen LogP contribution in [-0.4, -0.2) is 61.9 Å². The molecular weight excluding hydrogens is 384 g/mol. The SMILES string of the molecule is COc1ccc(C(CNC(=O)c2ccccc2CN2C(=O)CNC2=O)N(C)C)cc1. The van der Waals surface area contributed by atoms with E-state index in [4.69, 9.17) is 4.74 Å². The van der Waals surface area contributed by atoms with Gasteiger partial charge < -0.3 is 20.3 Å². The second kappa shape index (κ2) is 9.41. The van der Waals surface area contributed by atoms with E-state index in [0.29, 0.717) is 17.7 Å². The van der Waals surface area contributed by atoms with E-state index in [2.05, 4.69) is 10.6 Å². The molecular formula is C22H26N4O4. The van der Waals surface area contributed by atoms with Crippen LogP contribution in [-0.2, 0) is 11.3 Å². The molecule has 0 aliphatic carbocycles. The minimum atomic E-state index is -0.442. The van der Waals surface area contributed by atoms with Crippen LogP contribution in [0.3, 0.4) is 0 Å². The van der Waals surface area contributed by atoms with Crippen molar-refractivity contribution >= 4 is 17.8 Å². The van der Waals surface area contributed by atoms with Crippen molar-refractivity contribution in [2.75, 3.05) is 34.3 Å². The van der Waals surface area contributed by atoms with E-state index >= 15 is 0 Å². The fourth-order valence-corrected chi connectivity index (χ4v) is 3.37. The van der Waals surface area contributed by atoms with Crippen LogP contribution in [0.2, 0.25) is 0 Å². The van der Waals surface area contributed by atoms with Gasteiger partial charge in [-0.25, -0.2) is 4.79 Å². The fraction of sp³-hybridized carbons (Fsp3) is 0.318. The minimum Gasteiger partial charge on any atom is -0.497 e. The third kappa shape index (κ3) is 4.77. The summed E-state index contributed by atoms with van der Waals surface area (Å²) >= 11 is 0. The largest absolute Gasteiger partial charge is 0.497 e. The van der Waals surface area contributed by atoms with E-state index in [-0.39, 0.29) is 30.9 Å². The van der Waals surface area contributed by atoms with Gasteiger partial charge in [0.1, 0.15) is 5.75 Å². The number of benzene rings is 2. The number of rotatable bonds is 8. The van der Waals surface area contributed by atoms with Crippen molar-refractivity contribution < 1.29 is 19.1 Å². The van der Waals surface area contributed by atoms with Crippen LogP contribution < -0.4 is 15.4 Å². The van der Waals surface area contributed by atoms with E-state index < -0.39 is 6.03 Å². The molecule has 158 valence electrons. The lowest BCUT2D eigenvalue weighted by molar-refractivity contribution is -0.125. The van der Waals surface area contributed by atoms with Crippen LogP contribution in [0, 0.1) is 0 Å². The van der Waals surface area contributed by atoms with E-state index in [9.17, 15) is 14.4 Å². The first-order valence-electron chi connectivity index (χ1n) is 9.65. The Morgan fingerprint density at radius 1 is 1.17 bits per heavy atom. The molecule has 2 aromatic carbocycles. The van der Waals surface area contributed by atoms with Gasteiger partial charge in [-0.3, -0.25) is 14.5 Å².